The lowest BCUT2D eigenvalue weighted by Crippen LogP contribution is -2.34. The number of nitrogens with one attached hydrogen (secondary N) is 2. The van der Waals surface area contributed by atoms with Crippen LogP contribution in [0.15, 0.2) is 72.8 Å². The summed E-state index contributed by atoms with van der Waals surface area (Å²) in [4.78, 5) is 36.9. The minimum Gasteiger partial charge on any atom is -0.490 e. The molecular weight excluding hydrogens is 544 g/mol. The smallest absolute Gasteiger partial charge is 0.308 e. The number of esters is 1. The Morgan fingerprint density at radius 2 is 1.34 bits per heavy atom. The van der Waals surface area contributed by atoms with E-state index in [4.69, 9.17) is 25.8 Å². The van der Waals surface area contributed by atoms with Gasteiger partial charge in [-0.2, -0.15) is 0 Å². The van der Waals surface area contributed by atoms with Crippen LogP contribution >= 0.6 is 11.6 Å². The molecule has 3 aromatic carbocycles. The lowest BCUT2D eigenvalue weighted by molar-refractivity contribution is -0.149. The zero-order valence-electron chi connectivity index (χ0n) is 23.1. The van der Waals surface area contributed by atoms with Gasteiger partial charge in [-0.1, -0.05) is 29.8 Å². The van der Waals surface area contributed by atoms with Crippen LogP contribution in [0.2, 0.25) is 5.02 Å². The number of amides is 2. The van der Waals surface area contributed by atoms with E-state index >= 15 is 0 Å². The Kier molecular flexibility index (Phi) is 11.0. The van der Waals surface area contributed by atoms with Gasteiger partial charge in [0, 0.05) is 34.8 Å². The van der Waals surface area contributed by atoms with Gasteiger partial charge in [0.1, 0.15) is 18.1 Å². The van der Waals surface area contributed by atoms with E-state index < -0.39 is 0 Å². The quantitative estimate of drug-likeness (QED) is 0.215. The number of hydrogen-bond acceptors (Lipinski definition) is 6. The van der Waals surface area contributed by atoms with Crippen LogP contribution in [-0.4, -0.2) is 43.6 Å². The SMILES string of the molecule is CCOC(=O)[C@H]1CC[C@@H](Oc2ccc(C(=O)NCCNC(=O)c3ccc(OCc4ccccc4Cl)cc3)cc2)CC1. The third kappa shape index (κ3) is 8.98. The monoisotopic (exact) mass is 578 g/mol. The molecule has 0 atom stereocenters. The number of carbonyl (C=O) groups is 3. The summed E-state index contributed by atoms with van der Waals surface area (Å²) < 4.78 is 16.9. The highest BCUT2D eigenvalue weighted by Gasteiger charge is 2.28. The number of halogens is 1. The molecule has 1 aliphatic carbocycles. The van der Waals surface area contributed by atoms with E-state index in [0.29, 0.717) is 40.9 Å². The van der Waals surface area contributed by atoms with Gasteiger partial charge in [-0.15, -0.1) is 0 Å². The van der Waals surface area contributed by atoms with Gasteiger partial charge < -0.3 is 24.8 Å². The summed E-state index contributed by atoms with van der Waals surface area (Å²) in [5, 5.41) is 6.25. The van der Waals surface area contributed by atoms with Crippen LogP contribution in [0.5, 0.6) is 11.5 Å². The van der Waals surface area contributed by atoms with Crippen molar-refractivity contribution in [2.24, 2.45) is 5.92 Å². The first-order valence-electron chi connectivity index (χ1n) is 13.9. The minimum atomic E-state index is -0.241. The van der Waals surface area contributed by atoms with Crippen molar-refractivity contribution in [2.45, 2.75) is 45.3 Å². The third-order valence-electron chi connectivity index (χ3n) is 6.88. The molecule has 8 nitrogen and oxygen atoms in total. The normalized spacial score (nSPS) is 16.3. The van der Waals surface area contributed by atoms with E-state index in [1.807, 2.05) is 31.2 Å². The minimum absolute atomic E-state index is 0.0427. The first-order chi connectivity index (χ1) is 19.9. The van der Waals surface area contributed by atoms with Gasteiger partial charge in [-0.25, -0.2) is 0 Å². The van der Waals surface area contributed by atoms with Crippen molar-refractivity contribution in [2.75, 3.05) is 19.7 Å². The molecule has 0 heterocycles. The zero-order valence-corrected chi connectivity index (χ0v) is 23.8. The molecule has 0 radical (unpaired) electrons. The molecule has 0 saturated heterocycles. The molecule has 0 spiro atoms. The van der Waals surface area contributed by atoms with Gasteiger partial charge in [-0.3, -0.25) is 14.4 Å². The van der Waals surface area contributed by atoms with E-state index in [0.717, 1.165) is 31.2 Å². The molecule has 3 aromatic rings. The Morgan fingerprint density at radius 1 is 0.780 bits per heavy atom. The topological polar surface area (TPSA) is 103 Å². The highest BCUT2D eigenvalue weighted by Crippen LogP contribution is 2.28. The van der Waals surface area contributed by atoms with Gasteiger partial charge in [0.15, 0.2) is 0 Å². The van der Waals surface area contributed by atoms with Crippen molar-refractivity contribution in [1.29, 1.82) is 0 Å². The predicted octanol–water partition coefficient (Wildman–Crippen LogP) is 5.58. The van der Waals surface area contributed by atoms with Crippen LogP contribution < -0.4 is 20.1 Å². The maximum atomic E-state index is 12.5. The Hall–Kier alpha value is -4.04. The maximum Gasteiger partial charge on any atom is 0.308 e. The Labute approximate surface area is 245 Å². The third-order valence-corrected chi connectivity index (χ3v) is 7.25. The Bertz CT molecular complexity index is 1300. The zero-order chi connectivity index (χ0) is 29.0. The number of benzene rings is 3. The molecule has 2 N–H and O–H groups in total. The summed E-state index contributed by atoms with van der Waals surface area (Å²) in [5.74, 6) is 0.679. The second kappa shape index (κ2) is 15.1. The van der Waals surface area contributed by atoms with E-state index in [1.54, 1.807) is 48.5 Å². The average molecular weight is 579 g/mol. The molecule has 0 unspecified atom stereocenters. The molecule has 216 valence electrons. The highest BCUT2D eigenvalue weighted by molar-refractivity contribution is 6.31. The van der Waals surface area contributed by atoms with Gasteiger partial charge >= 0.3 is 5.97 Å². The molecule has 1 aliphatic rings. The summed E-state index contributed by atoms with van der Waals surface area (Å²) in [5.41, 5.74) is 1.88. The van der Waals surface area contributed by atoms with Crippen molar-refractivity contribution < 1.29 is 28.6 Å². The molecule has 0 aromatic heterocycles. The van der Waals surface area contributed by atoms with Crippen molar-refractivity contribution in [1.82, 2.24) is 10.6 Å². The van der Waals surface area contributed by atoms with Gasteiger partial charge in [-0.05, 0) is 87.2 Å². The molecule has 1 saturated carbocycles. The van der Waals surface area contributed by atoms with Crippen molar-refractivity contribution in [3.63, 3.8) is 0 Å². The lowest BCUT2D eigenvalue weighted by atomic mass is 9.87. The summed E-state index contributed by atoms with van der Waals surface area (Å²) in [6.07, 6.45) is 3.13. The van der Waals surface area contributed by atoms with Gasteiger partial charge in [0.25, 0.3) is 11.8 Å². The Balaban J connectivity index is 1.13. The highest BCUT2D eigenvalue weighted by atomic mass is 35.5. The molecule has 1 fully saturated rings. The van der Waals surface area contributed by atoms with Gasteiger partial charge in [0.2, 0.25) is 0 Å². The molecule has 0 aliphatic heterocycles. The van der Waals surface area contributed by atoms with Crippen LogP contribution in [0, 0.1) is 5.92 Å². The van der Waals surface area contributed by atoms with E-state index in [-0.39, 0.29) is 42.9 Å². The standard InChI is InChI=1S/C32H35ClN2O6/c1-2-39-32(38)24-11-17-28(18-12-24)41-27-15-9-23(10-16-27)31(37)35-20-19-34-30(36)22-7-13-26(14-8-22)40-21-25-5-3-4-6-29(25)33/h3-10,13-16,24,28H,2,11-12,17-21H2,1H3,(H,34,36)(H,35,37)/t24-,28+. The van der Waals surface area contributed by atoms with Crippen LogP contribution in [0.4, 0.5) is 0 Å². The number of carbonyl (C=O) groups excluding carboxylic acids is 3. The summed E-state index contributed by atoms with van der Waals surface area (Å²) in [7, 11) is 0. The van der Waals surface area contributed by atoms with Crippen molar-refractivity contribution in [3.05, 3.63) is 94.5 Å². The van der Waals surface area contributed by atoms with Crippen molar-refractivity contribution in [3.8, 4) is 11.5 Å². The molecule has 2 amide bonds. The average Bonchev–Trinajstić information content (AvgIpc) is 3.00. The molecule has 0 bridgehead atoms. The molecule has 9 heteroatoms. The Morgan fingerprint density at radius 3 is 1.90 bits per heavy atom. The second-order valence-corrected chi connectivity index (χ2v) is 10.2. The van der Waals surface area contributed by atoms with E-state index in [1.165, 1.54) is 0 Å². The van der Waals surface area contributed by atoms with E-state index in [2.05, 4.69) is 10.6 Å². The van der Waals surface area contributed by atoms with Crippen molar-refractivity contribution >= 4 is 29.4 Å². The maximum absolute atomic E-state index is 12.5. The lowest BCUT2D eigenvalue weighted by Gasteiger charge is -2.27. The summed E-state index contributed by atoms with van der Waals surface area (Å²) >= 11 is 6.15. The fraction of sp³-hybridized carbons (Fsp3) is 0.344. The van der Waals surface area contributed by atoms with Crippen LogP contribution in [0.25, 0.3) is 0 Å². The molecule has 41 heavy (non-hydrogen) atoms. The molecular formula is C32H35ClN2O6. The summed E-state index contributed by atoms with van der Waals surface area (Å²) in [6, 6.07) is 21.3. The predicted molar refractivity (Wildman–Crippen MR) is 156 cm³/mol. The number of ether oxygens (including phenoxy) is 3. The number of hydrogen-bond donors (Lipinski definition) is 2. The number of rotatable bonds is 12. The van der Waals surface area contributed by atoms with Crippen LogP contribution in [0.3, 0.4) is 0 Å². The van der Waals surface area contributed by atoms with Gasteiger partial charge in [0.05, 0.1) is 18.6 Å². The van der Waals surface area contributed by atoms with Crippen LogP contribution in [-0.2, 0) is 16.1 Å². The fourth-order valence-electron chi connectivity index (χ4n) is 4.59. The first kappa shape index (κ1) is 29.9. The summed E-state index contributed by atoms with van der Waals surface area (Å²) in [6.45, 7) is 3.12. The van der Waals surface area contributed by atoms with Crippen LogP contribution in [0.1, 0.15) is 58.9 Å². The second-order valence-electron chi connectivity index (χ2n) is 9.78. The van der Waals surface area contributed by atoms with E-state index in [9.17, 15) is 14.4 Å². The largest absolute Gasteiger partial charge is 0.490 e. The molecule has 4 rings (SSSR count). The first-order valence-corrected chi connectivity index (χ1v) is 14.3. The fourth-order valence-corrected chi connectivity index (χ4v) is 4.78.